The van der Waals surface area contributed by atoms with Gasteiger partial charge in [-0.15, -0.1) is 0 Å². The third-order valence-corrected chi connectivity index (χ3v) is 7.83. The van der Waals surface area contributed by atoms with Crippen molar-refractivity contribution in [2.24, 2.45) is 0 Å². The first-order valence-electron chi connectivity index (χ1n) is 19.7. The number of aromatic nitrogens is 1. The van der Waals surface area contributed by atoms with Gasteiger partial charge < -0.3 is 28.6 Å². The lowest BCUT2D eigenvalue weighted by Gasteiger charge is -2.28. The summed E-state index contributed by atoms with van der Waals surface area (Å²) in [5.41, 5.74) is -1.81. The fourth-order valence-corrected chi connectivity index (χ4v) is 5.53. The molecule has 0 saturated carbocycles. The Kier molecular flexibility index (Phi) is 14.5. The van der Waals surface area contributed by atoms with Gasteiger partial charge >= 0.3 is 30.1 Å². The summed E-state index contributed by atoms with van der Waals surface area (Å²) >= 11 is 0. The number of alkyl carbamates (subject to hydrolysis) is 1. The second-order valence-corrected chi connectivity index (χ2v) is 18.2. The molecule has 3 amide bonds. The first-order valence-corrected chi connectivity index (χ1v) is 19.7. The van der Waals surface area contributed by atoms with Crippen LogP contribution in [0.4, 0.5) is 15.3 Å². The highest BCUT2D eigenvalue weighted by atomic mass is 16.6. The first kappa shape index (κ1) is 47.8. The number of carbonyl (C=O) groups excluding carboxylic acids is 6. The highest BCUT2D eigenvalue weighted by Crippen LogP contribution is 2.25. The molecule has 4 rings (SSSR count). The topological polar surface area (TPSA) is 204 Å². The smallest absolute Gasteiger partial charge is 0.421 e. The van der Waals surface area contributed by atoms with Crippen LogP contribution in [-0.4, -0.2) is 80.8 Å². The Bertz CT molecular complexity index is 2350. The standard InChI is InChI=1S/C46H55N5O11/c1-43(2,3)59-36(52)27-50(26-28-14-13-15-31(24-28)39(55)60-44(4,5)6)37(53)35-22-18-30-25-33(21-23-34(30)48-35)58-38(54)29-16-19-32(20-17-29)51(42(57)62-46(10,11)12)40(47)49-41(56)61-45(7,8)9/h13-25H,26-27H2,1-12H3,(H2,47,49,56). The molecule has 0 spiro atoms. The molecule has 16 heteroatoms. The molecule has 62 heavy (non-hydrogen) atoms. The van der Waals surface area contributed by atoms with Crippen molar-refractivity contribution >= 4 is 58.6 Å². The molecule has 0 saturated heterocycles. The number of nitrogens with zero attached hydrogens (tertiary/aromatic N) is 3. The SMILES string of the molecule is CC(C)(C)OC(=O)CN(Cc1cccc(C(=O)OC(C)(C)C)c1)C(=O)c1ccc2cc(OC(=O)c3ccc(N(C(=N)NC(=O)OC(C)(C)C)C(=O)OC(C)(C)C)cc3)ccc2n1. The Morgan fingerprint density at radius 2 is 1.26 bits per heavy atom. The van der Waals surface area contributed by atoms with E-state index in [0.29, 0.717) is 16.5 Å². The van der Waals surface area contributed by atoms with Gasteiger partial charge in [-0.3, -0.25) is 20.3 Å². The summed E-state index contributed by atoms with van der Waals surface area (Å²) in [7, 11) is 0. The van der Waals surface area contributed by atoms with Crippen molar-refractivity contribution in [3.05, 3.63) is 101 Å². The fourth-order valence-electron chi connectivity index (χ4n) is 5.53. The Hall–Kier alpha value is -6.84. The van der Waals surface area contributed by atoms with E-state index in [2.05, 4.69) is 10.3 Å². The highest BCUT2D eigenvalue weighted by Gasteiger charge is 2.30. The first-order chi connectivity index (χ1) is 28.6. The number of pyridine rings is 1. The number of benzene rings is 3. The van der Waals surface area contributed by atoms with Gasteiger partial charge in [0.25, 0.3) is 5.91 Å². The van der Waals surface area contributed by atoms with Gasteiger partial charge in [-0.1, -0.05) is 18.2 Å². The molecule has 4 aromatic rings. The van der Waals surface area contributed by atoms with Crippen molar-refractivity contribution in [2.75, 3.05) is 11.4 Å². The molecule has 16 nitrogen and oxygen atoms in total. The monoisotopic (exact) mass is 853 g/mol. The number of anilines is 1. The molecule has 2 N–H and O–H groups in total. The average molecular weight is 854 g/mol. The Balaban J connectivity index is 1.54. The number of esters is 3. The molecule has 0 bridgehead atoms. The van der Waals surface area contributed by atoms with Crippen molar-refractivity contribution in [3.63, 3.8) is 0 Å². The number of guanidine groups is 1. The van der Waals surface area contributed by atoms with Crippen LogP contribution in [0.3, 0.4) is 0 Å². The molecule has 0 aliphatic carbocycles. The molecule has 0 aliphatic rings. The van der Waals surface area contributed by atoms with Crippen LogP contribution < -0.4 is 15.0 Å². The predicted octanol–water partition coefficient (Wildman–Crippen LogP) is 8.59. The molecule has 3 aromatic carbocycles. The molecular formula is C46H55N5O11. The van der Waals surface area contributed by atoms with E-state index < -0.39 is 70.9 Å². The van der Waals surface area contributed by atoms with Crippen LogP contribution in [0.2, 0.25) is 0 Å². The Morgan fingerprint density at radius 3 is 1.85 bits per heavy atom. The lowest BCUT2D eigenvalue weighted by molar-refractivity contribution is -0.155. The lowest BCUT2D eigenvalue weighted by Crippen LogP contribution is -2.49. The van der Waals surface area contributed by atoms with Crippen molar-refractivity contribution in [3.8, 4) is 5.75 Å². The van der Waals surface area contributed by atoms with Crippen molar-refractivity contribution in [2.45, 2.75) is 112 Å². The predicted molar refractivity (Wildman–Crippen MR) is 231 cm³/mol. The Morgan fingerprint density at radius 1 is 0.645 bits per heavy atom. The van der Waals surface area contributed by atoms with Gasteiger partial charge in [0.05, 0.1) is 22.3 Å². The quantitative estimate of drug-likeness (QED) is 0.0534. The van der Waals surface area contributed by atoms with Gasteiger partial charge in [-0.05, 0) is 149 Å². The maximum Gasteiger partial charge on any atom is 0.421 e. The summed E-state index contributed by atoms with van der Waals surface area (Å²) in [4.78, 5) is 85.3. The minimum atomic E-state index is -0.954. The van der Waals surface area contributed by atoms with Crippen LogP contribution >= 0.6 is 0 Å². The third kappa shape index (κ3) is 14.7. The second kappa shape index (κ2) is 18.8. The Labute approximate surface area is 361 Å². The molecule has 1 aromatic heterocycles. The van der Waals surface area contributed by atoms with Crippen LogP contribution in [0.5, 0.6) is 5.75 Å². The molecule has 0 fully saturated rings. The lowest BCUT2D eigenvalue weighted by atomic mass is 10.1. The van der Waals surface area contributed by atoms with E-state index >= 15 is 0 Å². The fraction of sp³-hybridized carbons (Fsp3) is 0.391. The van der Waals surface area contributed by atoms with Crippen LogP contribution in [-0.2, 0) is 30.3 Å². The summed E-state index contributed by atoms with van der Waals surface area (Å²) in [5, 5.41) is 11.2. The van der Waals surface area contributed by atoms with Gasteiger partial charge in [0.2, 0.25) is 5.96 Å². The van der Waals surface area contributed by atoms with E-state index in [1.54, 1.807) is 126 Å². The number of fused-ring (bicyclic) bond motifs is 1. The number of amides is 3. The minimum Gasteiger partial charge on any atom is -0.459 e. The summed E-state index contributed by atoms with van der Waals surface area (Å²) in [6.07, 6.45) is -1.91. The van der Waals surface area contributed by atoms with E-state index in [4.69, 9.17) is 29.1 Å². The van der Waals surface area contributed by atoms with Gasteiger partial charge in [0, 0.05) is 11.9 Å². The normalized spacial score (nSPS) is 11.8. The van der Waals surface area contributed by atoms with Crippen molar-refractivity contribution < 1.29 is 52.5 Å². The second-order valence-electron chi connectivity index (χ2n) is 18.2. The number of hydrogen-bond acceptors (Lipinski definition) is 13. The molecule has 0 atom stereocenters. The van der Waals surface area contributed by atoms with Crippen molar-refractivity contribution in [1.82, 2.24) is 15.2 Å². The third-order valence-electron chi connectivity index (χ3n) is 7.83. The molecule has 0 unspecified atom stereocenters. The molecule has 1 heterocycles. The van der Waals surface area contributed by atoms with E-state index in [1.807, 2.05) is 0 Å². The maximum atomic E-state index is 14.0. The van der Waals surface area contributed by atoms with Crippen LogP contribution in [0.15, 0.2) is 78.9 Å². The zero-order chi connectivity index (χ0) is 46.4. The van der Waals surface area contributed by atoms with Gasteiger partial charge in [-0.25, -0.2) is 29.1 Å². The summed E-state index contributed by atoms with van der Waals surface area (Å²) in [6.45, 7) is 19.9. The highest BCUT2D eigenvalue weighted by molar-refractivity contribution is 6.16. The molecule has 330 valence electrons. The number of nitrogens with one attached hydrogen (secondary N) is 2. The number of carbonyl (C=O) groups is 6. The van der Waals surface area contributed by atoms with E-state index in [1.165, 1.54) is 41.3 Å². The minimum absolute atomic E-state index is 0.0315. The summed E-state index contributed by atoms with van der Waals surface area (Å²) < 4.78 is 27.3. The van der Waals surface area contributed by atoms with Gasteiger partial charge in [-0.2, -0.15) is 0 Å². The van der Waals surface area contributed by atoms with E-state index in [0.717, 1.165) is 4.90 Å². The molecular weight excluding hydrogens is 799 g/mol. The van der Waals surface area contributed by atoms with Gasteiger partial charge in [0.1, 0.15) is 40.4 Å². The average Bonchev–Trinajstić information content (AvgIpc) is 3.11. The van der Waals surface area contributed by atoms with Crippen LogP contribution in [0, 0.1) is 5.41 Å². The number of ether oxygens (including phenoxy) is 5. The largest absolute Gasteiger partial charge is 0.459 e. The van der Waals surface area contributed by atoms with Crippen molar-refractivity contribution in [1.29, 1.82) is 5.41 Å². The van der Waals surface area contributed by atoms with E-state index in [-0.39, 0.29) is 34.8 Å². The summed E-state index contributed by atoms with van der Waals surface area (Å²) in [5.74, 6) is -2.94. The van der Waals surface area contributed by atoms with Gasteiger partial charge in [0.15, 0.2) is 0 Å². The maximum absolute atomic E-state index is 14.0. The zero-order valence-electron chi connectivity index (χ0n) is 37.3. The molecule has 0 radical (unpaired) electrons. The number of rotatable bonds is 9. The molecule has 0 aliphatic heterocycles. The van der Waals surface area contributed by atoms with E-state index in [9.17, 15) is 28.8 Å². The number of hydrogen-bond donors (Lipinski definition) is 2. The summed E-state index contributed by atoms with van der Waals surface area (Å²) in [6, 6.07) is 19.9. The zero-order valence-corrected chi connectivity index (χ0v) is 37.3. The van der Waals surface area contributed by atoms with Crippen LogP contribution in [0.25, 0.3) is 10.9 Å². The van der Waals surface area contributed by atoms with Crippen LogP contribution in [0.1, 0.15) is 120 Å².